The minimum absolute atomic E-state index is 0.111. The van der Waals surface area contributed by atoms with E-state index < -0.39 is 28.5 Å². The van der Waals surface area contributed by atoms with E-state index in [2.05, 4.69) is 5.32 Å². The quantitative estimate of drug-likeness (QED) is 0.253. The third kappa shape index (κ3) is 8.85. The maximum absolute atomic E-state index is 14.2. The van der Waals surface area contributed by atoms with E-state index in [1.54, 1.807) is 43.3 Å². The lowest BCUT2D eigenvalue weighted by Gasteiger charge is -2.34. The molecule has 3 aromatic rings. The number of nitrogens with zero attached hydrogens (tertiary/aromatic N) is 2. The summed E-state index contributed by atoms with van der Waals surface area (Å²) in [4.78, 5) is 29.3. The average molecular weight is 639 g/mol. The Balaban J connectivity index is 2.13. The van der Waals surface area contributed by atoms with Gasteiger partial charge in [-0.15, -0.1) is 0 Å². The lowest BCUT2D eigenvalue weighted by molar-refractivity contribution is -0.140. The van der Waals surface area contributed by atoms with Crippen LogP contribution in [0.5, 0.6) is 0 Å². The zero-order chi connectivity index (χ0) is 30.3. The summed E-state index contributed by atoms with van der Waals surface area (Å²) >= 11 is 19.1. The minimum Gasteiger partial charge on any atom is -0.352 e. The maximum atomic E-state index is 14.2. The first kappa shape index (κ1) is 32.7. The van der Waals surface area contributed by atoms with Crippen molar-refractivity contribution in [3.63, 3.8) is 0 Å². The van der Waals surface area contributed by atoms with Crippen LogP contribution in [0.15, 0.2) is 66.7 Å². The Morgan fingerprint density at radius 2 is 1.59 bits per heavy atom. The van der Waals surface area contributed by atoms with Gasteiger partial charge in [-0.25, -0.2) is 8.42 Å². The molecule has 1 N–H and O–H groups in total. The number of nitrogens with one attached hydrogen (secondary N) is 1. The number of halogens is 3. The second kappa shape index (κ2) is 14.4. The number of sulfonamides is 1. The summed E-state index contributed by atoms with van der Waals surface area (Å²) < 4.78 is 27.0. The number of carbonyl (C=O) groups excluding carboxylic acids is 2. The monoisotopic (exact) mass is 637 g/mol. The molecule has 0 saturated heterocycles. The fourth-order valence-electron chi connectivity index (χ4n) is 4.34. The van der Waals surface area contributed by atoms with E-state index >= 15 is 0 Å². The minimum atomic E-state index is -3.91. The van der Waals surface area contributed by atoms with Crippen molar-refractivity contribution >= 4 is 62.3 Å². The van der Waals surface area contributed by atoms with Crippen LogP contribution in [0.2, 0.25) is 15.1 Å². The molecule has 0 aromatic heterocycles. The number of hydrogen-bond donors (Lipinski definition) is 1. The van der Waals surface area contributed by atoms with Gasteiger partial charge < -0.3 is 10.2 Å². The van der Waals surface area contributed by atoms with Crippen LogP contribution in [-0.2, 0) is 32.6 Å². The number of anilines is 1. The summed E-state index contributed by atoms with van der Waals surface area (Å²) in [5, 5.41) is 4.07. The van der Waals surface area contributed by atoms with Crippen LogP contribution in [0.1, 0.15) is 37.0 Å². The molecule has 2 amide bonds. The van der Waals surface area contributed by atoms with Crippen LogP contribution in [-0.4, -0.2) is 50.0 Å². The number of aryl methyl sites for hydroxylation is 1. The summed E-state index contributed by atoms with van der Waals surface area (Å²) in [5.74, 6) is -0.964. The van der Waals surface area contributed by atoms with E-state index in [1.165, 1.54) is 4.90 Å². The molecule has 0 aliphatic carbocycles. The molecule has 220 valence electrons. The molecule has 0 fully saturated rings. The van der Waals surface area contributed by atoms with Crippen molar-refractivity contribution in [3.05, 3.63) is 98.5 Å². The van der Waals surface area contributed by atoms with Crippen molar-refractivity contribution in [2.75, 3.05) is 17.1 Å². The van der Waals surface area contributed by atoms with Crippen LogP contribution < -0.4 is 9.62 Å². The van der Waals surface area contributed by atoms with E-state index in [4.69, 9.17) is 34.8 Å². The summed E-state index contributed by atoms with van der Waals surface area (Å²) in [6.45, 7) is 4.87. The number of carbonyl (C=O) groups is 2. The Bertz CT molecular complexity index is 1470. The molecule has 0 unspecified atom stereocenters. The molecule has 0 aliphatic rings. The van der Waals surface area contributed by atoms with Crippen LogP contribution in [0, 0.1) is 6.92 Å². The molecular formula is C30H34Cl3N3O4S. The fourth-order valence-corrected chi connectivity index (χ4v) is 5.99. The molecular weight excluding hydrogens is 605 g/mol. The van der Waals surface area contributed by atoms with Crippen LogP contribution in [0.25, 0.3) is 0 Å². The van der Waals surface area contributed by atoms with Gasteiger partial charge in [-0.05, 0) is 61.7 Å². The molecule has 2 atom stereocenters. The second-order valence-electron chi connectivity index (χ2n) is 9.95. The highest BCUT2D eigenvalue weighted by molar-refractivity contribution is 7.92. The smallest absolute Gasteiger partial charge is 0.244 e. The largest absolute Gasteiger partial charge is 0.352 e. The second-order valence-corrected chi connectivity index (χ2v) is 13.1. The van der Waals surface area contributed by atoms with Gasteiger partial charge in [-0.3, -0.25) is 13.9 Å². The van der Waals surface area contributed by atoms with E-state index in [9.17, 15) is 18.0 Å². The van der Waals surface area contributed by atoms with Crippen LogP contribution in [0.3, 0.4) is 0 Å². The molecule has 11 heteroatoms. The molecule has 0 radical (unpaired) electrons. The predicted octanol–water partition coefficient (Wildman–Crippen LogP) is 6.28. The van der Waals surface area contributed by atoms with Crippen molar-refractivity contribution < 1.29 is 18.0 Å². The Kier molecular flexibility index (Phi) is 11.5. The number of hydrogen-bond acceptors (Lipinski definition) is 4. The van der Waals surface area contributed by atoms with Gasteiger partial charge in [0.05, 0.1) is 11.9 Å². The van der Waals surface area contributed by atoms with E-state index in [0.717, 1.165) is 16.1 Å². The van der Waals surface area contributed by atoms with E-state index in [-0.39, 0.29) is 24.9 Å². The van der Waals surface area contributed by atoms with Crippen molar-refractivity contribution in [3.8, 4) is 0 Å². The molecule has 41 heavy (non-hydrogen) atoms. The lowest BCUT2D eigenvalue weighted by Crippen LogP contribution is -2.54. The molecule has 7 nitrogen and oxygen atoms in total. The first-order chi connectivity index (χ1) is 19.3. The zero-order valence-electron chi connectivity index (χ0n) is 23.4. The Morgan fingerprint density at radius 1 is 0.951 bits per heavy atom. The number of amides is 2. The summed E-state index contributed by atoms with van der Waals surface area (Å²) in [7, 11) is -3.91. The van der Waals surface area contributed by atoms with E-state index in [0.29, 0.717) is 38.3 Å². The topological polar surface area (TPSA) is 86.8 Å². The molecule has 0 saturated carbocycles. The highest BCUT2D eigenvalue weighted by Crippen LogP contribution is 2.29. The Morgan fingerprint density at radius 3 is 2.15 bits per heavy atom. The van der Waals surface area contributed by atoms with Gasteiger partial charge >= 0.3 is 0 Å². The van der Waals surface area contributed by atoms with Crippen LogP contribution >= 0.6 is 34.8 Å². The average Bonchev–Trinajstić information content (AvgIpc) is 2.90. The molecule has 0 heterocycles. The SMILES string of the molecule is CC[C@@H](C)NC(=O)[C@@H](Cc1ccccc1)N(Cc1c(Cl)cccc1Cl)C(=O)CN(c1ccc(Cl)cc1C)S(C)(=O)=O. The maximum Gasteiger partial charge on any atom is 0.244 e. The van der Waals surface area contributed by atoms with Gasteiger partial charge in [0, 0.05) is 39.6 Å². The molecule has 0 aliphatic heterocycles. The van der Waals surface area contributed by atoms with Gasteiger partial charge in [0.25, 0.3) is 0 Å². The predicted molar refractivity (Wildman–Crippen MR) is 167 cm³/mol. The highest BCUT2D eigenvalue weighted by atomic mass is 35.5. The number of benzene rings is 3. The number of rotatable bonds is 12. The lowest BCUT2D eigenvalue weighted by atomic mass is 10.0. The standard InChI is InChI=1S/C30H34Cl3N3O4S/c1-5-21(3)34-30(38)28(17-22-10-7-6-8-11-22)35(18-24-25(32)12-9-13-26(24)33)29(37)19-36(41(4,39)40)27-15-14-23(31)16-20(27)2/h6-16,21,28H,5,17-19H2,1-4H3,(H,34,38)/t21-,28-/m1/s1. The van der Waals surface area contributed by atoms with Gasteiger partial charge in [0.15, 0.2) is 0 Å². The zero-order valence-corrected chi connectivity index (χ0v) is 26.5. The first-order valence-corrected chi connectivity index (χ1v) is 16.1. The van der Waals surface area contributed by atoms with Crippen LogP contribution in [0.4, 0.5) is 5.69 Å². The van der Waals surface area contributed by atoms with E-state index in [1.807, 2.05) is 44.2 Å². The molecule has 3 aromatic carbocycles. The third-order valence-corrected chi connectivity index (χ3v) is 8.84. The highest BCUT2D eigenvalue weighted by Gasteiger charge is 2.34. The van der Waals surface area contributed by atoms with Crippen molar-refractivity contribution in [2.24, 2.45) is 0 Å². The van der Waals surface area contributed by atoms with Gasteiger partial charge in [-0.1, -0.05) is 78.1 Å². The summed E-state index contributed by atoms with van der Waals surface area (Å²) in [6.07, 6.45) is 1.90. The van der Waals surface area contributed by atoms with Gasteiger partial charge in [0.2, 0.25) is 21.8 Å². The van der Waals surface area contributed by atoms with Gasteiger partial charge in [0.1, 0.15) is 12.6 Å². The molecule has 0 bridgehead atoms. The summed E-state index contributed by atoms with van der Waals surface area (Å²) in [6, 6.07) is 17.9. The summed E-state index contributed by atoms with van der Waals surface area (Å²) in [5.41, 5.74) is 2.16. The third-order valence-electron chi connectivity index (χ3n) is 6.77. The van der Waals surface area contributed by atoms with Crippen molar-refractivity contribution in [1.82, 2.24) is 10.2 Å². The Labute approximate surface area is 257 Å². The van der Waals surface area contributed by atoms with Gasteiger partial charge in [-0.2, -0.15) is 0 Å². The normalized spacial score (nSPS) is 12.9. The van der Waals surface area contributed by atoms with Crippen molar-refractivity contribution in [2.45, 2.75) is 52.2 Å². The molecule has 0 spiro atoms. The first-order valence-electron chi connectivity index (χ1n) is 13.1. The fraction of sp³-hybridized carbons (Fsp3) is 0.333. The molecule has 3 rings (SSSR count). The van der Waals surface area contributed by atoms with Crippen molar-refractivity contribution in [1.29, 1.82) is 0 Å². The Hall–Kier alpha value is -2.78.